The van der Waals surface area contributed by atoms with Crippen LogP contribution in [0.1, 0.15) is 32.6 Å². The fourth-order valence-electron chi connectivity index (χ4n) is 3.02. The van der Waals surface area contributed by atoms with Gasteiger partial charge in [-0.3, -0.25) is 4.79 Å². The summed E-state index contributed by atoms with van der Waals surface area (Å²) < 4.78 is 13.1. The third-order valence-electron chi connectivity index (χ3n) is 4.77. The lowest BCUT2D eigenvalue weighted by atomic mass is 9.97. The van der Waals surface area contributed by atoms with Crippen molar-refractivity contribution in [2.75, 3.05) is 5.32 Å². The van der Waals surface area contributed by atoms with E-state index in [2.05, 4.69) is 37.4 Å². The van der Waals surface area contributed by atoms with Crippen LogP contribution in [0.4, 0.5) is 15.8 Å². The van der Waals surface area contributed by atoms with Gasteiger partial charge in [0.15, 0.2) is 6.29 Å². The summed E-state index contributed by atoms with van der Waals surface area (Å²) in [5.74, 6) is -0.284. The standard InChI is InChI=1S/C23H22FNO/c1-16-4-3-5-19(17(16)2)8-6-18-7-9-20(15-26)23(14-18)25-22-12-10-21(24)11-13-22/h3-5,7,9-15,25H,6,8H2,1-2H3. The lowest BCUT2D eigenvalue weighted by Crippen LogP contribution is -2.00. The van der Waals surface area contributed by atoms with E-state index in [9.17, 15) is 9.18 Å². The van der Waals surface area contributed by atoms with Crippen molar-refractivity contribution in [3.63, 3.8) is 0 Å². The van der Waals surface area contributed by atoms with Crippen LogP contribution in [0.15, 0.2) is 60.7 Å². The minimum atomic E-state index is -0.284. The predicted octanol–water partition coefficient (Wildman–Crippen LogP) is 5.78. The predicted molar refractivity (Wildman–Crippen MR) is 105 cm³/mol. The Bertz CT molecular complexity index is 916. The number of aldehydes is 1. The zero-order chi connectivity index (χ0) is 18.5. The molecule has 0 aliphatic heterocycles. The first-order valence-electron chi connectivity index (χ1n) is 8.72. The SMILES string of the molecule is Cc1cccc(CCc2ccc(C=O)c(Nc3ccc(F)cc3)c2)c1C. The molecule has 0 heterocycles. The topological polar surface area (TPSA) is 29.1 Å². The Labute approximate surface area is 153 Å². The van der Waals surface area contributed by atoms with Gasteiger partial charge in [-0.2, -0.15) is 0 Å². The van der Waals surface area contributed by atoms with Crippen LogP contribution in [-0.4, -0.2) is 6.29 Å². The molecule has 0 saturated heterocycles. The van der Waals surface area contributed by atoms with Crippen LogP contribution in [0.3, 0.4) is 0 Å². The molecule has 0 fully saturated rings. The van der Waals surface area contributed by atoms with Gasteiger partial charge in [0.1, 0.15) is 5.82 Å². The van der Waals surface area contributed by atoms with Gasteiger partial charge < -0.3 is 5.32 Å². The van der Waals surface area contributed by atoms with Crippen LogP contribution >= 0.6 is 0 Å². The van der Waals surface area contributed by atoms with Crippen LogP contribution in [0.25, 0.3) is 0 Å². The summed E-state index contributed by atoms with van der Waals surface area (Å²) in [5.41, 5.74) is 7.22. The van der Waals surface area contributed by atoms with E-state index in [1.165, 1.54) is 28.8 Å². The summed E-state index contributed by atoms with van der Waals surface area (Å²) in [6.45, 7) is 4.28. The van der Waals surface area contributed by atoms with E-state index in [0.29, 0.717) is 5.56 Å². The summed E-state index contributed by atoms with van der Waals surface area (Å²) in [5, 5.41) is 3.21. The van der Waals surface area contributed by atoms with Gasteiger partial charge in [-0.25, -0.2) is 4.39 Å². The number of carbonyl (C=O) groups is 1. The van der Waals surface area contributed by atoms with Crippen molar-refractivity contribution in [3.8, 4) is 0 Å². The molecule has 0 unspecified atom stereocenters. The minimum absolute atomic E-state index is 0.284. The Morgan fingerprint density at radius 2 is 1.73 bits per heavy atom. The summed E-state index contributed by atoms with van der Waals surface area (Å²) in [6, 6.07) is 18.3. The Kier molecular flexibility index (Phi) is 5.47. The third kappa shape index (κ3) is 4.17. The van der Waals surface area contributed by atoms with Gasteiger partial charge in [-0.1, -0.05) is 24.3 Å². The second-order valence-electron chi connectivity index (χ2n) is 6.53. The monoisotopic (exact) mass is 347 g/mol. The normalized spacial score (nSPS) is 10.6. The Balaban J connectivity index is 1.79. The fraction of sp³-hybridized carbons (Fsp3) is 0.174. The molecule has 1 N–H and O–H groups in total. The zero-order valence-corrected chi connectivity index (χ0v) is 15.1. The molecule has 0 amide bonds. The average Bonchev–Trinajstić information content (AvgIpc) is 2.65. The van der Waals surface area contributed by atoms with Gasteiger partial charge in [0.25, 0.3) is 0 Å². The van der Waals surface area contributed by atoms with Crippen LogP contribution < -0.4 is 5.32 Å². The number of nitrogens with one attached hydrogen (secondary N) is 1. The maximum Gasteiger partial charge on any atom is 0.152 e. The second-order valence-corrected chi connectivity index (χ2v) is 6.53. The molecular weight excluding hydrogens is 325 g/mol. The van der Waals surface area contributed by atoms with Crippen molar-refractivity contribution in [2.45, 2.75) is 26.7 Å². The zero-order valence-electron chi connectivity index (χ0n) is 15.1. The maximum absolute atomic E-state index is 13.1. The maximum atomic E-state index is 13.1. The number of hydrogen-bond acceptors (Lipinski definition) is 2. The molecule has 0 atom stereocenters. The molecule has 0 radical (unpaired) electrons. The molecule has 0 aliphatic carbocycles. The molecule has 0 spiro atoms. The van der Waals surface area contributed by atoms with Gasteiger partial charge in [0, 0.05) is 16.9 Å². The van der Waals surface area contributed by atoms with E-state index < -0.39 is 0 Å². The highest BCUT2D eigenvalue weighted by Gasteiger charge is 2.06. The summed E-state index contributed by atoms with van der Waals surface area (Å²) in [4.78, 5) is 11.3. The molecular formula is C23H22FNO. The van der Waals surface area contributed by atoms with E-state index >= 15 is 0 Å². The van der Waals surface area contributed by atoms with Crippen molar-refractivity contribution in [1.82, 2.24) is 0 Å². The van der Waals surface area contributed by atoms with Gasteiger partial charge in [-0.15, -0.1) is 0 Å². The molecule has 0 bridgehead atoms. The van der Waals surface area contributed by atoms with Gasteiger partial charge >= 0.3 is 0 Å². The quantitative estimate of drug-likeness (QED) is 0.572. The van der Waals surface area contributed by atoms with Gasteiger partial charge in [-0.05, 0) is 85.3 Å². The van der Waals surface area contributed by atoms with Crippen LogP contribution in [-0.2, 0) is 12.8 Å². The fourth-order valence-corrected chi connectivity index (χ4v) is 3.02. The summed E-state index contributed by atoms with van der Waals surface area (Å²) >= 11 is 0. The first kappa shape index (κ1) is 17.9. The second kappa shape index (κ2) is 7.96. The highest BCUT2D eigenvalue weighted by Crippen LogP contribution is 2.23. The first-order valence-corrected chi connectivity index (χ1v) is 8.72. The number of aryl methyl sites for hydroxylation is 3. The molecule has 3 aromatic carbocycles. The van der Waals surface area contributed by atoms with Gasteiger partial charge in [0.2, 0.25) is 0 Å². The summed E-state index contributed by atoms with van der Waals surface area (Å²) in [6.07, 6.45) is 2.67. The number of carbonyl (C=O) groups excluding carboxylic acids is 1. The average molecular weight is 347 g/mol. The Morgan fingerprint density at radius 1 is 0.962 bits per heavy atom. The van der Waals surface area contributed by atoms with Crippen molar-refractivity contribution in [3.05, 3.63) is 94.3 Å². The van der Waals surface area contributed by atoms with E-state index in [4.69, 9.17) is 0 Å². The minimum Gasteiger partial charge on any atom is -0.355 e. The molecule has 3 rings (SSSR count). The highest BCUT2D eigenvalue weighted by atomic mass is 19.1. The number of anilines is 2. The van der Waals surface area contributed by atoms with Crippen molar-refractivity contribution in [1.29, 1.82) is 0 Å². The molecule has 0 aromatic heterocycles. The lowest BCUT2D eigenvalue weighted by Gasteiger charge is -2.12. The van der Waals surface area contributed by atoms with Crippen molar-refractivity contribution >= 4 is 17.7 Å². The van der Waals surface area contributed by atoms with E-state index in [-0.39, 0.29) is 5.82 Å². The van der Waals surface area contributed by atoms with Crippen molar-refractivity contribution < 1.29 is 9.18 Å². The summed E-state index contributed by atoms with van der Waals surface area (Å²) in [7, 11) is 0. The molecule has 3 heteroatoms. The smallest absolute Gasteiger partial charge is 0.152 e. The van der Waals surface area contributed by atoms with Crippen LogP contribution in [0, 0.1) is 19.7 Å². The molecule has 3 aromatic rings. The van der Waals surface area contributed by atoms with E-state index in [0.717, 1.165) is 36.1 Å². The largest absolute Gasteiger partial charge is 0.355 e. The molecule has 132 valence electrons. The molecule has 26 heavy (non-hydrogen) atoms. The number of halogens is 1. The molecule has 2 nitrogen and oxygen atoms in total. The lowest BCUT2D eigenvalue weighted by molar-refractivity contribution is 0.112. The van der Waals surface area contributed by atoms with Crippen molar-refractivity contribution in [2.24, 2.45) is 0 Å². The van der Waals surface area contributed by atoms with Gasteiger partial charge in [0.05, 0.1) is 0 Å². The number of rotatable bonds is 6. The molecule has 0 saturated carbocycles. The van der Waals surface area contributed by atoms with E-state index in [1.54, 1.807) is 12.1 Å². The third-order valence-corrected chi connectivity index (χ3v) is 4.77. The Morgan fingerprint density at radius 3 is 2.46 bits per heavy atom. The Hall–Kier alpha value is -2.94. The highest BCUT2D eigenvalue weighted by molar-refractivity contribution is 5.86. The molecule has 0 aliphatic rings. The first-order chi connectivity index (χ1) is 12.6. The number of hydrogen-bond donors (Lipinski definition) is 1. The van der Waals surface area contributed by atoms with Crippen LogP contribution in [0.5, 0.6) is 0 Å². The number of benzene rings is 3. The van der Waals surface area contributed by atoms with E-state index in [1.807, 2.05) is 18.2 Å². The van der Waals surface area contributed by atoms with Crippen LogP contribution in [0.2, 0.25) is 0 Å².